The molecule has 6 heteroatoms. The number of halogens is 1. The van der Waals surface area contributed by atoms with Crippen LogP contribution in [0.5, 0.6) is 0 Å². The minimum atomic E-state index is -0.419. The molecule has 1 aliphatic rings. The summed E-state index contributed by atoms with van der Waals surface area (Å²) in [6.45, 7) is 1.49. The smallest absolute Gasteiger partial charge is 0.271 e. The molecule has 0 saturated carbocycles. The van der Waals surface area contributed by atoms with Gasteiger partial charge in [0.2, 0.25) is 0 Å². The number of benzene rings is 1. The highest BCUT2D eigenvalue weighted by Gasteiger charge is 2.15. The van der Waals surface area contributed by atoms with Gasteiger partial charge in [-0.2, -0.15) is 0 Å². The van der Waals surface area contributed by atoms with Gasteiger partial charge in [0, 0.05) is 31.4 Å². The number of nitrogens with zero attached hydrogens (tertiary/aromatic N) is 1. The van der Waals surface area contributed by atoms with Crippen LogP contribution in [-0.4, -0.2) is 24.2 Å². The van der Waals surface area contributed by atoms with E-state index in [0.29, 0.717) is 17.3 Å². The standard InChI is InChI=1S/C12H15ClN2O3/c13-11-4-3-10(15(16)17)8-12(11)14-9-2-1-6-18-7-5-9/h3-4,8-9,14H,1-2,5-7H2. The quantitative estimate of drug-likeness (QED) is 0.676. The van der Waals surface area contributed by atoms with E-state index >= 15 is 0 Å². The SMILES string of the molecule is O=[N+]([O-])c1ccc(Cl)c(NC2CCCOCC2)c1. The van der Waals surface area contributed by atoms with Gasteiger partial charge >= 0.3 is 0 Å². The molecule has 0 aliphatic carbocycles. The van der Waals surface area contributed by atoms with Crippen molar-refractivity contribution >= 4 is 23.0 Å². The van der Waals surface area contributed by atoms with E-state index in [2.05, 4.69) is 5.32 Å². The zero-order chi connectivity index (χ0) is 13.0. The van der Waals surface area contributed by atoms with Crippen LogP contribution in [0, 0.1) is 10.1 Å². The topological polar surface area (TPSA) is 64.4 Å². The minimum absolute atomic E-state index is 0.0479. The van der Waals surface area contributed by atoms with Gasteiger partial charge in [0.1, 0.15) is 0 Å². The number of anilines is 1. The molecule has 1 atom stereocenters. The van der Waals surface area contributed by atoms with E-state index in [9.17, 15) is 10.1 Å². The minimum Gasteiger partial charge on any atom is -0.381 e. The highest BCUT2D eigenvalue weighted by Crippen LogP contribution is 2.28. The lowest BCUT2D eigenvalue weighted by Gasteiger charge is -2.17. The first kappa shape index (κ1) is 13.1. The van der Waals surface area contributed by atoms with Gasteiger partial charge in [-0.05, 0) is 25.3 Å². The number of nitrogens with one attached hydrogen (secondary N) is 1. The molecule has 0 bridgehead atoms. The van der Waals surface area contributed by atoms with Crippen LogP contribution in [0.1, 0.15) is 19.3 Å². The lowest BCUT2D eigenvalue weighted by Crippen LogP contribution is -2.19. The van der Waals surface area contributed by atoms with Crippen LogP contribution < -0.4 is 5.32 Å². The van der Waals surface area contributed by atoms with Gasteiger partial charge in [-0.3, -0.25) is 10.1 Å². The largest absolute Gasteiger partial charge is 0.381 e. The van der Waals surface area contributed by atoms with Crippen LogP contribution in [0.4, 0.5) is 11.4 Å². The first-order valence-electron chi connectivity index (χ1n) is 5.95. The van der Waals surface area contributed by atoms with Crippen molar-refractivity contribution in [1.29, 1.82) is 0 Å². The summed E-state index contributed by atoms with van der Waals surface area (Å²) in [7, 11) is 0. The summed E-state index contributed by atoms with van der Waals surface area (Å²) < 4.78 is 5.37. The Bertz CT molecular complexity index is 431. The first-order chi connectivity index (χ1) is 8.66. The van der Waals surface area contributed by atoms with Gasteiger partial charge in [0.15, 0.2) is 0 Å². The molecular weight excluding hydrogens is 256 g/mol. The van der Waals surface area contributed by atoms with E-state index in [1.54, 1.807) is 6.07 Å². The Morgan fingerprint density at radius 1 is 1.39 bits per heavy atom. The molecule has 0 spiro atoms. The van der Waals surface area contributed by atoms with Gasteiger partial charge in [-0.1, -0.05) is 11.6 Å². The molecule has 1 unspecified atom stereocenters. The monoisotopic (exact) mass is 270 g/mol. The second kappa shape index (κ2) is 6.02. The van der Waals surface area contributed by atoms with Crippen LogP contribution >= 0.6 is 11.6 Å². The molecule has 1 saturated heterocycles. The van der Waals surface area contributed by atoms with Gasteiger partial charge < -0.3 is 10.1 Å². The molecule has 5 nitrogen and oxygen atoms in total. The average molecular weight is 271 g/mol. The van der Waals surface area contributed by atoms with Crippen molar-refractivity contribution in [2.24, 2.45) is 0 Å². The Labute approximate surface area is 110 Å². The molecule has 1 heterocycles. The average Bonchev–Trinajstić information content (AvgIpc) is 2.60. The maximum atomic E-state index is 10.7. The van der Waals surface area contributed by atoms with Gasteiger partial charge in [0.05, 0.1) is 15.6 Å². The van der Waals surface area contributed by atoms with E-state index in [1.165, 1.54) is 12.1 Å². The number of nitro groups is 1. The second-order valence-corrected chi connectivity index (χ2v) is 4.71. The van der Waals surface area contributed by atoms with Crippen molar-refractivity contribution in [3.63, 3.8) is 0 Å². The summed E-state index contributed by atoms with van der Waals surface area (Å²) in [6.07, 6.45) is 2.86. The number of nitro benzene ring substituents is 1. The number of non-ortho nitro benzene ring substituents is 1. The predicted molar refractivity (Wildman–Crippen MR) is 70.2 cm³/mol. The number of hydrogen-bond acceptors (Lipinski definition) is 4. The van der Waals surface area contributed by atoms with Crippen molar-refractivity contribution in [2.45, 2.75) is 25.3 Å². The summed E-state index contributed by atoms with van der Waals surface area (Å²) in [5, 5.41) is 14.5. The van der Waals surface area contributed by atoms with E-state index in [0.717, 1.165) is 25.9 Å². The third-order valence-electron chi connectivity index (χ3n) is 2.97. The molecule has 1 aromatic rings. The van der Waals surface area contributed by atoms with Crippen LogP contribution in [0.25, 0.3) is 0 Å². The fourth-order valence-corrected chi connectivity index (χ4v) is 2.18. The summed E-state index contributed by atoms with van der Waals surface area (Å²) >= 11 is 6.04. The molecule has 0 aromatic heterocycles. The summed E-state index contributed by atoms with van der Waals surface area (Å²) in [5.74, 6) is 0. The van der Waals surface area contributed by atoms with Crippen LogP contribution in [0.2, 0.25) is 5.02 Å². The Hall–Kier alpha value is -1.33. The molecule has 1 N–H and O–H groups in total. The third kappa shape index (κ3) is 3.34. The molecule has 0 radical (unpaired) electrons. The molecule has 18 heavy (non-hydrogen) atoms. The van der Waals surface area contributed by atoms with E-state index < -0.39 is 4.92 Å². The number of rotatable bonds is 3. The Morgan fingerprint density at radius 2 is 2.22 bits per heavy atom. The van der Waals surface area contributed by atoms with Crippen molar-refractivity contribution in [3.05, 3.63) is 33.3 Å². The van der Waals surface area contributed by atoms with Gasteiger partial charge in [0.25, 0.3) is 5.69 Å². The zero-order valence-electron chi connectivity index (χ0n) is 9.89. The van der Waals surface area contributed by atoms with E-state index in [1.807, 2.05) is 0 Å². The van der Waals surface area contributed by atoms with Crippen molar-refractivity contribution in [2.75, 3.05) is 18.5 Å². The second-order valence-electron chi connectivity index (χ2n) is 4.31. The first-order valence-corrected chi connectivity index (χ1v) is 6.33. The van der Waals surface area contributed by atoms with Crippen LogP contribution in [-0.2, 0) is 4.74 Å². The van der Waals surface area contributed by atoms with Crippen molar-refractivity contribution in [1.82, 2.24) is 0 Å². The Kier molecular flexibility index (Phi) is 4.38. The summed E-state index contributed by atoms with van der Waals surface area (Å²) in [4.78, 5) is 10.3. The van der Waals surface area contributed by atoms with Crippen LogP contribution in [0.3, 0.4) is 0 Å². The van der Waals surface area contributed by atoms with E-state index in [-0.39, 0.29) is 11.7 Å². The Balaban J connectivity index is 2.11. The normalized spacial score (nSPS) is 20.2. The van der Waals surface area contributed by atoms with Crippen molar-refractivity contribution < 1.29 is 9.66 Å². The van der Waals surface area contributed by atoms with Crippen LogP contribution in [0.15, 0.2) is 18.2 Å². The Morgan fingerprint density at radius 3 is 3.00 bits per heavy atom. The molecule has 98 valence electrons. The van der Waals surface area contributed by atoms with Gasteiger partial charge in [-0.25, -0.2) is 0 Å². The fourth-order valence-electron chi connectivity index (χ4n) is 2.01. The maximum absolute atomic E-state index is 10.7. The lowest BCUT2D eigenvalue weighted by molar-refractivity contribution is -0.384. The molecule has 1 aliphatic heterocycles. The highest BCUT2D eigenvalue weighted by molar-refractivity contribution is 6.33. The molecular formula is C12H15ClN2O3. The summed E-state index contributed by atoms with van der Waals surface area (Å²) in [5.41, 5.74) is 0.671. The molecule has 2 rings (SSSR count). The summed E-state index contributed by atoms with van der Waals surface area (Å²) in [6, 6.07) is 4.69. The van der Waals surface area contributed by atoms with Crippen molar-refractivity contribution in [3.8, 4) is 0 Å². The number of hydrogen-bond donors (Lipinski definition) is 1. The van der Waals surface area contributed by atoms with Gasteiger partial charge in [-0.15, -0.1) is 0 Å². The third-order valence-corrected chi connectivity index (χ3v) is 3.30. The maximum Gasteiger partial charge on any atom is 0.271 e. The zero-order valence-corrected chi connectivity index (χ0v) is 10.7. The van der Waals surface area contributed by atoms with E-state index in [4.69, 9.17) is 16.3 Å². The molecule has 1 fully saturated rings. The predicted octanol–water partition coefficient (Wildman–Crippen LogP) is 3.23. The molecule has 0 amide bonds. The molecule has 1 aromatic carbocycles. The number of ether oxygens (including phenoxy) is 1. The fraction of sp³-hybridized carbons (Fsp3) is 0.500. The highest BCUT2D eigenvalue weighted by atomic mass is 35.5. The lowest BCUT2D eigenvalue weighted by atomic mass is 10.1.